The smallest absolute Gasteiger partial charge is 0.200 e. The van der Waals surface area contributed by atoms with Gasteiger partial charge in [-0.3, -0.25) is 0 Å². The molecule has 3 rings (SSSR count). The van der Waals surface area contributed by atoms with Crippen LogP contribution in [0.25, 0.3) is 11.3 Å². The Morgan fingerprint density at radius 3 is 3.00 bits per heavy atom. The van der Waals surface area contributed by atoms with Crippen LogP contribution in [0.15, 0.2) is 34.9 Å². The largest absolute Gasteiger partial charge is 0.497 e. The van der Waals surface area contributed by atoms with Gasteiger partial charge in [0.2, 0.25) is 0 Å². The Morgan fingerprint density at radius 2 is 2.29 bits per heavy atom. The lowest BCUT2D eigenvalue weighted by Gasteiger charge is -2.23. The van der Waals surface area contributed by atoms with Gasteiger partial charge < -0.3 is 14.5 Å². The van der Waals surface area contributed by atoms with Crippen molar-refractivity contribution in [3.63, 3.8) is 0 Å². The number of nitrogens with zero attached hydrogens (tertiary/aromatic N) is 1. The van der Waals surface area contributed by atoms with Crippen LogP contribution in [-0.2, 0) is 0 Å². The normalized spacial score (nSPS) is 15.6. The molecule has 0 atom stereocenters. The van der Waals surface area contributed by atoms with Crippen molar-refractivity contribution >= 4 is 0 Å². The quantitative estimate of drug-likeness (QED) is 0.876. The number of hydrogen-bond acceptors (Lipinski definition) is 4. The van der Waals surface area contributed by atoms with Gasteiger partial charge in [-0.1, -0.05) is 12.1 Å². The molecule has 1 N–H and O–H groups in total. The first-order chi connectivity index (χ1) is 8.36. The molecule has 88 valence electrons. The number of aromatic nitrogens is 1. The Balaban J connectivity index is 1.89. The van der Waals surface area contributed by atoms with Crippen LogP contribution in [0, 0.1) is 0 Å². The summed E-state index contributed by atoms with van der Waals surface area (Å²) in [6.45, 7) is 1.91. The average Bonchev–Trinajstić information content (AvgIpc) is 2.76. The summed E-state index contributed by atoms with van der Waals surface area (Å²) >= 11 is 0. The van der Waals surface area contributed by atoms with E-state index in [1.54, 1.807) is 13.4 Å². The monoisotopic (exact) mass is 230 g/mol. The van der Waals surface area contributed by atoms with Crippen LogP contribution >= 0.6 is 0 Å². The van der Waals surface area contributed by atoms with Crippen LogP contribution in [0.4, 0.5) is 0 Å². The predicted molar refractivity (Wildman–Crippen MR) is 64.1 cm³/mol. The summed E-state index contributed by atoms with van der Waals surface area (Å²) in [5.41, 5.74) is 1.89. The third-order valence-corrected chi connectivity index (χ3v) is 3.02. The zero-order valence-corrected chi connectivity index (χ0v) is 9.64. The van der Waals surface area contributed by atoms with Crippen molar-refractivity contribution in [3.8, 4) is 17.0 Å². The Kier molecular flexibility index (Phi) is 2.57. The fourth-order valence-corrected chi connectivity index (χ4v) is 1.85. The van der Waals surface area contributed by atoms with E-state index in [0.29, 0.717) is 5.92 Å². The van der Waals surface area contributed by atoms with Crippen molar-refractivity contribution in [1.29, 1.82) is 0 Å². The summed E-state index contributed by atoms with van der Waals surface area (Å²) in [5.74, 6) is 2.08. The lowest BCUT2D eigenvalue weighted by molar-refractivity contribution is 0.357. The second-order valence-corrected chi connectivity index (χ2v) is 4.16. The van der Waals surface area contributed by atoms with Gasteiger partial charge in [0, 0.05) is 18.7 Å². The van der Waals surface area contributed by atoms with Gasteiger partial charge in [-0.15, -0.1) is 0 Å². The maximum absolute atomic E-state index is 5.50. The molecular formula is C13H14N2O2. The second kappa shape index (κ2) is 4.22. The van der Waals surface area contributed by atoms with Crippen molar-refractivity contribution in [2.45, 2.75) is 5.92 Å². The highest BCUT2D eigenvalue weighted by atomic mass is 16.5. The molecule has 1 saturated heterocycles. The number of rotatable bonds is 3. The molecule has 4 nitrogen and oxygen atoms in total. The van der Waals surface area contributed by atoms with Crippen LogP contribution in [0.1, 0.15) is 11.8 Å². The molecule has 17 heavy (non-hydrogen) atoms. The fraction of sp³-hybridized carbons (Fsp3) is 0.308. The molecule has 1 aliphatic heterocycles. The van der Waals surface area contributed by atoms with Crippen molar-refractivity contribution in [2.75, 3.05) is 20.2 Å². The second-order valence-electron chi connectivity index (χ2n) is 4.16. The number of ether oxygens (including phenoxy) is 1. The third-order valence-electron chi connectivity index (χ3n) is 3.02. The zero-order chi connectivity index (χ0) is 11.7. The van der Waals surface area contributed by atoms with Gasteiger partial charge in [-0.2, -0.15) is 0 Å². The first kappa shape index (κ1) is 10.4. The lowest BCUT2D eigenvalue weighted by atomic mass is 10.0. The molecule has 2 aromatic rings. The van der Waals surface area contributed by atoms with E-state index >= 15 is 0 Å². The van der Waals surface area contributed by atoms with Gasteiger partial charge in [0.1, 0.15) is 17.7 Å². The van der Waals surface area contributed by atoms with Crippen LogP contribution in [0.2, 0.25) is 0 Å². The molecule has 0 aliphatic carbocycles. The van der Waals surface area contributed by atoms with Crippen LogP contribution in [0.5, 0.6) is 5.75 Å². The number of oxazole rings is 1. The predicted octanol–water partition coefficient (Wildman–Crippen LogP) is 2.04. The maximum atomic E-state index is 5.50. The summed E-state index contributed by atoms with van der Waals surface area (Å²) in [6.07, 6.45) is 1.71. The minimum Gasteiger partial charge on any atom is -0.497 e. The van der Waals surface area contributed by atoms with E-state index in [1.165, 1.54) is 0 Å². The molecule has 1 aromatic heterocycles. The molecule has 1 aromatic carbocycles. The number of benzene rings is 1. The van der Waals surface area contributed by atoms with E-state index in [0.717, 1.165) is 36.0 Å². The molecule has 0 amide bonds. The van der Waals surface area contributed by atoms with Gasteiger partial charge in [0.15, 0.2) is 5.89 Å². The van der Waals surface area contributed by atoms with Gasteiger partial charge in [-0.25, -0.2) is 4.98 Å². The minimum absolute atomic E-state index is 0.425. The molecule has 0 spiro atoms. The molecule has 1 fully saturated rings. The number of methoxy groups -OCH3 is 1. The minimum atomic E-state index is 0.425. The molecule has 2 heterocycles. The highest BCUT2D eigenvalue weighted by Crippen LogP contribution is 2.26. The highest BCUT2D eigenvalue weighted by molar-refractivity contribution is 5.60. The van der Waals surface area contributed by atoms with Gasteiger partial charge >= 0.3 is 0 Å². The summed E-state index contributed by atoms with van der Waals surface area (Å²) < 4.78 is 10.7. The number of hydrogen-bond donors (Lipinski definition) is 1. The zero-order valence-electron chi connectivity index (χ0n) is 9.64. The first-order valence-corrected chi connectivity index (χ1v) is 5.67. The van der Waals surface area contributed by atoms with E-state index in [-0.39, 0.29) is 0 Å². The summed E-state index contributed by atoms with van der Waals surface area (Å²) in [4.78, 5) is 4.52. The van der Waals surface area contributed by atoms with Crippen LogP contribution < -0.4 is 10.1 Å². The molecule has 0 saturated carbocycles. The SMILES string of the molecule is COc1cccc(-c2coc(C3CNC3)n2)c1. The summed E-state index contributed by atoms with van der Waals surface area (Å²) in [6, 6.07) is 7.83. The first-order valence-electron chi connectivity index (χ1n) is 5.67. The Bertz CT molecular complexity index is 518. The van der Waals surface area contributed by atoms with E-state index in [9.17, 15) is 0 Å². The topological polar surface area (TPSA) is 47.3 Å². The standard InChI is InChI=1S/C13H14N2O2/c1-16-11-4-2-3-9(5-11)12-8-17-13(15-12)10-6-14-7-10/h2-5,8,10,14H,6-7H2,1H3. The van der Waals surface area contributed by atoms with Gasteiger partial charge in [0.25, 0.3) is 0 Å². The van der Waals surface area contributed by atoms with E-state index < -0.39 is 0 Å². The lowest BCUT2D eigenvalue weighted by Crippen LogP contribution is -2.40. The molecular weight excluding hydrogens is 216 g/mol. The fourth-order valence-electron chi connectivity index (χ4n) is 1.85. The van der Waals surface area contributed by atoms with Crippen molar-refractivity contribution in [1.82, 2.24) is 10.3 Å². The van der Waals surface area contributed by atoms with E-state index in [1.807, 2.05) is 24.3 Å². The van der Waals surface area contributed by atoms with Crippen LogP contribution in [-0.4, -0.2) is 25.2 Å². The molecule has 0 bridgehead atoms. The summed E-state index contributed by atoms with van der Waals surface area (Å²) in [5, 5.41) is 3.21. The highest BCUT2D eigenvalue weighted by Gasteiger charge is 2.24. The van der Waals surface area contributed by atoms with Crippen LogP contribution in [0.3, 0.4) is 0 Å². The van der Waals surface area contributed by atoms with E-state index in [2.05, 4.69) is 10.3 Å². The Morgan fingerprint density at radius 1 is 1.41 bits per heavy atom. The maximum Gasteiger partial charge on any atom is 0.200 e. The van der Waals surface area contributed by atoms with Crippen molar-refractivity contribution in [3.05, 3.63) is 36.4 Å². The third kappa shape index (κ3) is 1.91. The number of nitrogens with one attached hydrogen (secondary N) is 1. The average molecular weight is 230 g/mol. The van der Waals surface area contributed by atoms with Gasteiger partial charge in [-0.05, 0) is 12.1 Å². The Hall–Kier alpha value is -1.81. The Labute approximate surface area is 99.6 Å². The van der Waals surface area contributed by atoms with E-state index in [4.69, 9.17) is 9.15 Å². The van der Waals surface area contributed by atoms with Crippen molar-refractivity contribution < 1.29 is 9.15 Å². The molecule has 0 radical (unpaired) electrons. The summed E-state index contributed by atoms with van der Waals surface area (Å²) in [7, 11) is 1.66. The van der Waals surface area contributed by atoms with Gasteiger partial charge in [0.05, 0.1) is 13.0 Å². The molecule has 0 unspecified atom stereocenters. The molecule has 4 heteroatoms. The van der Waals surface area contributed by atoms with Crippen molar-refractivity contribution in [2.24, 2.45) is 0 Å². The molecule has 1 aliphatic rings.